The van der Waals surface area contributed by atoms with Crippen LogP contribution >= 0.6 is 0 Å². The van der Waals surface area contributed by atoms with E-state index in [4.69, 9.17) is 24.2 Å². The Morgan fingerprint density at radius 3 is 2.43 bits per heavy atom. The maximum absolute atomic E-state index is 15.3. The normalized spacial score (nSPS) is 21.8. The quantitative estimate of drug-likeness (QED) is 0.0211. The SMILES string of the molecule is C=CCO[C@@]12Oc3ccc(OC(=O)NCc4ccccc4)cc3[C@H]3[C@H](CCCCO)[C@@H](CCCCO)C=C(C(=NOC)C[C@@H]1N(Cc1cccc4ccccc14)C(=O)C=Cc1ccc([N+](=O)[O-])cc1)[C@H]32. The third-order valence-electron chi connectivity index (χ3n) is 13.7. The van der Waals surface area contributed by atoms with Crippen molar-refractivity contribution >= 4 is 40.2 Å². The molecular formula is C56H60N4O10. The molecule has 0 saturated heterocycles. The molecular weight excluding hydrogens is 889 g/mol. The Hall–Kier alpha value is -7.13. The number of carbonyl (C=O) groups excluding carboxylic acids is 2. The van der Waals surface area contributed by atoms with Gasteiger partial charge in [0.1, 0.15) is 24.7 Å². The van der Waals surface area contributed by atoms with E-state index < -0.39 is 28.8 Å². The maximum atomic E-state index is 15.3. The van der Waals surface area contributed by atoms with Gasteiger partial charge < -0.3 is 39.5 Å². The van der Waals surface area contributed by atoms with Crippen molar-refractivity contribution in [3.8, 4) is 11.5 Å². The number of aliphatic hydroxyl groups excluding tert-OH is 2. The number of fused-ring (bicyclic) bond motifs is 3. The summed E-state index contributed by atoms with van der Waals surface area (Å²) in [7, 11) is 1.50. The number of nitro benzene ring substituents is 1. The molecule has 0 aromatic heterocycles. The summed E-state index contributed by atoms with van der Waals surface area (Å²) in [5, 5.41) is 41.0. The minimum absolute atomic E-state index is 0.0139. The van der Waals surface area contributed by atoms with E-state index in [1.807, 2.05) is 78.9 Å². The summed E-state index contributed by atoms with van der Waals surface area (Å²) < 4.78 is 20.5. The molecule has 3 N–H and O–H groups in total. The highest BCUT2D eigenvalue weighted by Gasteiger charge is 2.65. The Bertz CT molecular complexity index is 2740. The van der Waals surface area contributed by atoms with Crippen LogP contribution in [0, 0.1) is 27.9 Å². The number of carbonyl (C=O) groups is 2. The fourth-order valence-corrected chi connectivity index (χ4v) is 10.7. The van der Waals surface area contributed by atoms with Gasteiger partial charge in [0, 0.05) is 62.4 Å². The topological polar surface area (TPSA) is 182 Å². The second-order valence-electron chi connectivity index (χ2n) is 18.0. The molecule has 70 heavy (non-hydrogen) atoms. The van der Waals surface area contributed by atoms with Crippen molar-refractivity contribution in [3.63, 3.8) is 0 Å². The average molecular weight is 949 g/mol. The lowest BCUT2D eigenvalue weighted by atomic mass is 9.55. The molecule has 2 aliphatic carbocycles. The van der Waals surface area contributed by atoms with Crippen molar-refractivity contribution in [3.05, 3.63) is 178 Å². The Morgan fingerprint density at radius 1 is 0.943 bits per heavy atom. The first kappa shape index (κ1) is 49.3. The van der Waals surface area contributed by atoms with Crippen molar-refractivity contribution in [2.45, 2.75) is 75.8 Å². The van der Waals surface area contributed by atoms with Crippen LogP contribution in [0.5, 0.6) is 11.5 Å². The number of hydrogen-bond acceptors (Lipinski definition) is 11. The number of non-ortho nitro benzene ring substituents is 1. The lowest BCUT2D eigenvalue weighted by Gasteiger charge is -2.60. The fourth-order valence-electron chi connectivity index (χ4n) is 10.7. The number of amides is 2. The standard InChI is InChI=1S/C56H60N4O10/c1-3-32-68-56-51(59(37-42-19-13-18-40-16-7-8-20-45(40)42)52(63)29-24-38-22-25-43(26-23-38)60(65)66)35-49(58-67-2)47-33-41(17-9-11-30-61)46(21-10-12-31-62)53(54(47)56)48-34-44(27-28-50(48)70-56)69-55(64)57-36-39-14-5-4-6-15-39/h3-8,13-16,18-20,22-29,33-34,41,46,51,53-54,61-62H,1,9-12,17,21,30-32,35-37H2,2H3,(H,57,64)/t41-,46+,51-,53+,54+,56+/m0/s1. The molecule has 1 aliphatic heterocycles. The first-order chi connectivity index (χ1) is 34.2. The molecule has 6 atom stereocenters. The van der Waals surface area contributed by atoms with E-state index in [0.29, 0.717) is 42.0 Å². The molecule has 0 bridgehead atoms. The Balaban J connectivity index is 1.30. The number of allylic oxidation sites excluding steroid dienone is 1. The largest absolute Gasteiger partial charge is 0.459 e. The zero-order valence-electron chi connectivity index (χ0n) is 39.4. The van der Waals surface area contributed by atoms with E-state index in [2.05, 4.69) is 18.0 Å². The molecule has 5 aromatic rings. The van der Waals surface area contributed by atoms with Crippen LogP contribution in [0.4, 0.5) is 10.5 Å². The Morgan fingerprint density at radius 2 is 1.69 bits per heavy atom. The maximum Gasteiger partial charge on any atom is 0.412 e. The fraction of sp³-hybridized carbons (Fsp3) is 0.339. The zero-order valence-corrected chi connectivity index (χ0v) is 39.4. The summed E-state index contributed by atoms with van der Waals surface area (Å²) in [6.45, 7) is 4.61. The highest BCUT2D eigenvalue weighted by Crippen LogP contribution is 2.62. The number of nitro groups is 1. The summed E-state index contributed by atoms with van der Waals surface area (Å²) >= 11 is 0. The lowest BCUT2D eigenvalue weighted by molar-refractivity contribution is -0.384. The number of nitrogens with one attached hydrogen (secondary N) is 1. The highest BCUT2D eigenvalue weighted by molar-refractivity contribution is 6.03. The second-order valence-corrected chi connectivity index (χ2v) is 18.0. The van der Waals surface area contributed by atoms with Gasteiger partial charge in [0.2, 0.25) is 11.7 Å². The molecule has 8 rings (SSSR count). The van der Waals surface area contributed by atoms with Gasteiger partial charge in [0.25, 0.3) is 5.69 Å². The molecule has 364 valence electrons. The predicted molar refractivity (Wildman–Crippen MR) is 268 cm³/mol. The van der Waals surface area contributed by atoms with Crippen LogP contribution < -0.4 is 14.8 Å². The van der Waals surface area contributed by atoms with Gasteiger partial charge in [-0.1, -0.05) is 103 Å². The van der Waals surface area contributed by atoms with Crippen molar-refractivity contribution in [2.75, 3.05) is 26.9 Å². The van der Waals surface area contributed by atoms with Gasteiger partial charge in [0.15, 0.2) is 0 Å². The summed E-state index contributed by atoms with van der Waals surface area (Å²) in [4.78, 5) is 47.1. The first-order valence-electron chi connectivity index (χ1n) is 24.0. The van der Waals surface area contributed by atoms with E-state index in [1.54, 1.807) is 41.3 Å². The summed E-state index contributed by atoms with van der Waals surface area (Å²) in [5.74, 6) is -2.16. The summed E-state index contributed by atoms with van der Waals surface area (Å²) in [6.07, 6.45) is 10.8. The van der Waals surface area contributed by atoms with E-state index in [0.717, 1.165) is 52.3 Å². The van der Waals surface area contributed by atoms with Gasteiger partial charge in [-0.3, -0.25) is 14.9 Å². The number of oxime groups is 1. The van der Waals surface area contributed by atoms with Crippen molar-refractivity contribution in [1.29, 1.82) is 0 Å². The van der Waals surface area contributed by atoms with Crippen LogP contribution in [-0.4, -0.2) is 76.5 Å². The number of aliphatic hydroxyl groups is 2. The molecule has 1 heterocycles. The molecule has 3 aliphatic rings. The van der Waals surface area contributed by atoms with Gasteiger partial charge in [0.05, 0.1) is 23.2 Å². The van der Waals surface area contributed by atoms with E-state index in [9.17, 15) is 25.1 Å². The van der Waals surface area contributed by atoms with E-state index in [1.165, 1.54) is 25.3 Å². The molecule has 0 radical (unpaired) electrons. The van der Waals surface area contributed by atoms with Crippen LogP contribution in [-0.2, 0) is 27.5 Å². The van der Waals surface area contributed by atoms with Crippen molar-refractivity contribution in [1.82, 2.24) is 10.2 Å². The number of hydrogen-bond donors (Lipinski definition) is 3. The highest BCUT2D eigenvalue weighted by atomic mass is 16.7. The molecule has 0 unspecified atom stereocenters. The van der Waals surface area contributed by atoms with E-state index in [-0.39, 0.29) is 68.7 Å². The van der Waals surface area contributed by atoms with E-state index >= 15 is 4.79 Å². The second kappa shape index (κ2) is 23.0. The van der Waals surface area contributed by atoms with Gasteiger partial charge in [-0.25, -0.2) is 4.79 Å². The van der Waals surface area contributed by atoms with Crippen LogP contribution in [0.1, 0.15) is 73.1 Å². The predicted octanol–water partition coefficient (Wildman–Crippen LogP) is 10.0. The first-order valence-corrected chi connectivity index (χ1v) is 24.0. The molecule has 14 nitrogen and oxygen atoms in total. The third kappa shape index (κ3) is 10.8. The zero-order chi connectivity index (χ0) is 49.0. The van der Waals surface area contributed by atoms with Gasteiger partial charge in [-0.05, 0) is 107 Å². The van der Waals surface area contributed by atoms with Crippen LogP contribution in [0.2, 0.25) is 0 Å². The minimum Gasteiger partial charge on any atom is -0.459 e. The lowest BCUT2D eigenvalue weighted by Crippen LogP contribution is -2.70. The number of rotatable bonds is 21. The number of unbranched alkanes of at least 4 members (excludes halogenated alkanes) is 2. The molecule has 2 amide bonds. The Kier molecular flexibility index (Phi) is 16.2. The van der Waals surface area contributed by atoms with Gasteiger partial charge in [-0.15, -0.1) is 6.58 Å². The molecule has 5 aromatic carbocycles. The smallest absolute Gasteiger partial charge is 0.412 e. The molecule has 1 fully saturated rings. The van der Waals surface area contributed by atoms with Crippen molar-refractivity contribution < 1.29 is 43.8 Å². The van der Waals surface area contributed by atoms with Crippen LogP contribution in [0.15, 0.2) is 151 Å². The average Bonchev–Trinajstić information content (AvgIpc) is 3.38. The third-order valence-corrected chi connectivity index (χ3v) is 13.7. The minimum atomic E-state index is -1.56. The van der Waals surface area contributed by atoms with Crippen LogP contribution in [0.25, 0.3) is 16.8 Å². The molecule has 14 heteroatoms. The van der Waals surface area contributed by atoms with Gasteiger partial charge in [-0.2, -0.15) is 0 Å². The Labute approximate surface area is 408 Å². The van der Waals surface area contributed by atoms with Crippen LogP contribution in [0.3, 0.4) is 0 Å². The number of ether oxygens (including phenoxy) is 3. The summed E-state index contributed by atoms with van der Waals surface area (Å²) in [6, 6.07) is 34.1. The molecule has 1 saturated carbocycles. The number of nitrogens with zero attached hydrogens (tertiary/aromatic N) is 3. The van der Waals surface area contributed by atoms with Gasteiger partial charge >= 0.3 is 6.09 Å². The monoisotopic (exact) mass is 948 g/mol. The summed E-state index contributed by atoms with van der Waals surface area (Å²) in [5.41, 5.74) is 4.61. The van der Waals surface area contributed by atoms with Crippen molar-refractivity contribution in [2.24, 2.45) is 22.9 Å². The molecule has 0 spiro atoms. The number of benzene rings is 5.